The summed E-state index contributed by atoms with van der Waals surface area (Å²) in [6.07, 6.45) is 1.03. The van der Waals surface area contributed by atoms with E-state index in [0.717, 1.165) is 6.08 Å². The fraction of sp³-hybridized carbons (Fsp3) is 0.333. The van der Waals surface area contributed by atoms with Gasteiger partial charge < -0.3 is 9.84 Å². The van der Waals surface area contributed by atoms with Crippen molar-refractivity contribution in [2.24, 2.45) is 0 Å². The van der Waals surface area contributed by atoms with Gasteiger partial charge in [0.2, 0.25) is 0 Å². The van der Waals surface area contributed by atoms with E-state index in [4.69, 9.17) is 5.11 Å². The van der Waals surface area contributed by atoms with Gasteiger partial charge in [0, 0.05) is 12.5 Å². The van der Waals surface area contributed by atoms with Crippen molar-refractivity contribution in [3.8, 4) is 0 Å². The van der Waals surface area contributed by atoms with Gasteiger partial charge >= 0.3 is 5.97 Å². The average molecular weight is 129 g/mol. The van der Waals surface area contributed by atoms with Gasteiger partial charge in [0.25, 0.3) is 6.29 Å². The van der Waals surface area contributed by atoms with Crippen LogP contribution in [-0.2, 0) is 9.53 Å². The smallest absolute Gasteiger partial charge is 0.332 e. The summed E-state index contributed by atoms with van der Waals surface area (Å²) in [6, 6.07) is 0. The average Bonchev–Trinajstić information content (AvgIpc) is 1.87. The molecule has 0 saturated heterocycles. The summed E-state index contributed by atoms with van der Waals surface area (Å²) in [4.78, 5) is 10.3. The normalized spacial score (nSPS) is 9.22. The second kappa shape index (κ2) is 4.09. The zero-order chi connectivity index (χ0) is 7.28. The first-order valence-corrected chi connectivity index (χ1v) is 2.59. The summed E-state index contributed by atoms with van der Waals surface area (Å²) >= 11 is 0. The molecule has 0 heterocycles. The van der Waals surface area contributed by atoms with E-state index in [-0.39, 0.29) is 6.29 Å². The van der Waals surface area contributed by atoms with Crippen LogP contribution in [0, 0.1) is 6.29 Å². The Morgan fingerprint density at radius 2 is 2.44 bits per heavy atom. The Balaban J connectivity index is 3.46. The first-order chi connectivity index (χ1) is 4.20. The maximum atomic E-state index is 10.3. The largest absolute Gasteiger partial charge is 0.423 e. The highest BCUT2D eigenvalue weighted by Crippen LogP contribution is 2.01. The molecular weight excluding hydrogens is 120 g/mol. The maximum Gasteiger partial charge on any atom is 0.332 e. The van der Waals surface area contributed by atoms with Gasteiger partial charge in [0.05, 0.1) is 0 Å². The van der Waals surface area contributed by atoms with Crippen LogP contribution in [-0.4, -0.2) is 11.1 Å². The van der Waals surface area contributed by atoms with Crippen LogP contribution in [0.2, 0.25) is 0 Å². The number of ether oxygens (including phenoxy) is 1. The molecule has 0 fully saturated rings. The molecule has 0 amide bonds. The van der Waals surface area contributed by atoms with Gasteiger partial charge in [-0.05, 0) is 0 Å². The van der Waals surface area contributed by atoms with Crippen molar-refractivity contribution in [3.05, 3.63) is 18.9 Å². The van der Waals surface area contributed by atoms with Crippen molar-refractivity contribution in [2.75, 3.05) is 0 Å². The third-order valence-corrected chi connectivity index (χ3v) is 0.688. The maximum absolute atomic E-state index is 10.3. The molecule has 0 aromatic heterocycles. The van der Waals surface area contributed by atoms with E-state index in [1.807, 2.05) is 0 Å². The summed E-state index contributed by atoms with van der Waals surface area (Å²) in [5, 5.41) is 8.59. The predicted molar refractivity (Wildman–Crippen MR) is 31.8 cm³/mol. The van der Waals surface area contributed by atoms with Gasteiger partial charge in [0.1, 0.15) is 0 Å². The highest BCUT2D eigenvalue weighted by atomic mass is 16.6. The van der Waals surface area contributed by atoms with Crippen molar-refractivity contribution in [3.63, 3.8) is 0 Å². The van der Waals surface area contributed by atoms with E-state index in [1.54, 1.807) is 6.92 Å². The highest BCUT2D eigenvalue weighted by Gasteiger charge is 2.05. The van der Waals surface area contributed by atoms with E-state index in [9.17, 15) is 4.79 Å². The van der Waals surface area contributed by atoms with Gasteiger partial charge in [-0.1, -0.05) is 13.5 Å². The Labute approximate surface area is 53.9 Å². The fourth-order valence-corrected chi connectivity index (χ4v) is 0.230. The summed E-state index contributed by atoms with van der Waals surface area (Å²) < 4.78 is 4.26. The molecule has 51 valence electrons. The number of carbonyl (C=O) groups excluding carboxylic acids is 1. The lowest BCUT2D eigenvalue weighted by Gasteiger charge is -2.03. The van der Waals surface area contributed by atoms with Crippen LogP contribution in [0.1, 0.15) is 13.3 Å². The number of aliphatic hydroxyl groups excluding tert-OH is 1. The summed E-state index contributed by atoms with van der Waals surface area (Å²) in [7, 11) is 0. The standard InChI is InChI=1S/C6H9O3/c1-3-5(7)9-6(8)4-2/h3,8H,1,4H2,2H3. The molecule has 3 heteroatoms. The molecule has 0 aromatic rings. The molecule has 0 bridgehead atoms. The number of hydrogen-bond donors (Lipinski definition) is 1. The molecule has 0 rings (SSSR count). The summed E-state index contributed by atoms with van der Waals surface area (Å²) in [5.74, 6) is -0.630. The van der Waals surface area contributed by atoms with Crippen LogP contribution in [0.3, 0.4) is 0 Å². The second-order valence-corrected chi connectivity index (χ2v) is 1.37. The van der Waals surface area contributed by atoms with Crippen molar-refractivity contribution >= 4 is 5.97 Å². The third kappa shape index (κ3) is 3.73. The van der Waals surface area contributed by atoms with E-state index in [2.05, 4.69) is 11.3 Å². The Morgan fingerprint density at radius 3 is 2.78 bits per heavy atom. The predicted octanol–water partition coefficient (Wildman–Crippen LogP) is 0.988. The van der Waals surface area contributed by atoms with Crippen LogP contribution in [0.5, 0.6) is 0 Å². The molecule has 1 radical (unpaired) electrons. The molecular formula is C6H9O3. The van der Waals surface area contributed by atoms with Crippen LogP contribution >= 0.6 is 0 Å². The Morgan fingerprint density at radius 1 is 1.89 bits per heavy atom. The third-order valence-electron chi connectivity index (χ3n) is 0.688. The number of aliphatic hydroxyl groups is 1. The molecule has 0 aromatic carbocycles. The van der Waals surface area contributed by atoms with Crippen molar-refractivity contribution in [1.82, 2.24) is 0 Å². The number of carbonyl (C=O) groups is 1. The topological polar surface area (TPSA) is 46.5 Å². The SMILES string of the molecule is C=CC(=O)O[C](O)CC. The lowest BCUT2D eigenvalue weighted by Crippen LogP contribution is -2.06. The van der Waals surface area contributed by atoms with Gasteiger partial charge in [-0.15, -0.1) is 0 Å². The highest BCUT2D eigenvalue weighted by molar-refractivity contribution is 5.81. The summed E-state index contributed by atoms with van der Waals surface area (Å²) in [6.45, 7) is 4.82. The van der Waals surface area contributed by atoms with Gasteiger partial charge in [0.15, 0.2) is 0 Å². The zero-order valence-electron chi connectivity index (χ0n) is 5.26. The lowest BCUT2D eigenvalue weighted by atomic mass is 10.5. The number of esters is 1. The minimum atomic E-state index is -0.630. The van der Waals surface area contributed by atoms with Crippen LogP contribution < -0.4 is 0 Å². The van der Waals surface area contributed by atoms with Gasteiger partial charge in [-0.3, -0.25) is 0 Å². The van der Waals surface area contributed by atoms with E-state index < -0.39 is 5.97 Å². The quantitative estimate of drug-likeness (QED) is 0.456. The zero-order valence-corrected chi connectivity index (χ0v) is 5.26. The minimum Gasteiger partial charge on any atom is -0.423 e. The molecule has 0 spiro atoms. The van der Waals surface area contributed by atoms with Crippen molar-refractivity contribution < 1.29 is 14.6 Å². The Bertz CT molecular complexity index is 109. The molecule has 0 aliphatic heterocycles. The molecule has 1 N–H and O–H groups in total. The van der Waals surface area contributed by atoms with Gasteiger partial charge in [-0.25, -0.2) is 4.79 Å². The van der Waals surface area contributed by atoms with E-state index in [0.29, 0.717) is 6.42 Å². The second-order valence-electron chi connectivity index (χ2n) is 1.37. The Hall–Kier alpha value is -0.830. The lowest BCUT2D eigenvalue weighted by molar-refractivity contribution is -0.144. The fourth-order valence-electron chi connectivity index (χ4n) is 0.230. The molecule has 3 nitrogen and oxygen atoms in total. The number of hydrogen-bond acceptors (Lipinski definition) is 3. The van der Waals surface area contributed by atoms with Crippen LogP contribution in [0.15, 0.2) is 12.7 Å². The first-order valence-electron chi connectivity index (χ1n) is 2.59. The van der Waals surface area contributed by atoms with Crippen LogP contribution in [0.4, 0.5) is 0 Å². The van der Waals surface area contributed by atoms with E-state index in [1.165, 1.54) is 0 Å². The monoisotopic (exact) mass is 129 g/mol. The molecule has 0 unspecified atom stereocenters. The molecule has 0 atom stereocenters. The molecule has 9 heavy (non-hydrogen) atoms. The van der Waals surface area contributed by atoms with Gasteiger partial charge in [-0.2, -0.15) is 0 Å². The van der Waals surface area contributed by atoms with Crippen LogP contribution in [0.25, 0.3) is 0 Å². The van der Waals surface area contributed by atoms with E-state index >= 15 is 0 Å². The minimum absolute atomic E-state index is 0.278. The van der Waals surface area contributed by atoms with Crippen molar-refractivity contribution in [2.45, 2.75) is 13.3 Å². The van der Waals surface area contributed by atoms with Crippen molar-refractivity contribution in [1.29, 1.82) is 0 Å². The first kappa shape index (κ1) is 8.17. The molecule has 0 aliphatic rings. The summed E-state index contributed by atoms with van der Waals surface area (Å²) in [5.41, 5.74) is 0. The molecule has 0 saturated carbocycles. The number of rotatable bonds is 3. The molecule has 0 aliphatic carbocycles. The Kier molecular flexibility index (Phi) is 3.71.